The summed E-state index contributed by atoms with van der Waals surface area (Å²) in [6, 6.07) is -0.127. The first-order chi connectivity index (χ1) is 5.52. The van der Waals surface area contributed by atoms with Gasteiger partial charge in [0.05, 0.1) is 6.04 Å². The smallest absolute Gasteiger partial charge is 0.239 e. The van der Waals surface area contributed by atoms with Crippen molar-refractivity contribution in [2.75, 3.05) is 21.1 Å². The largest absolute Gasteiger partial charge is 0.284 e. The zero-order valence-electron chi connectivity index (χ0n) is 7.56. The van der Waals surface area contributed by atoms with Crippen molar-refractivity contribution in [2.24, 2.45) is 0 Å². The van der Waals surface area contributed by atoms with Gasteiger partial charge in [-0.15, -0.1) is 6.42 Å². The first kappa shape index (κ1) is 9.54. The van der Waals surface area contributed by atoms with E-state index in [1.807, 2.05) is 0 Å². The van der Waals surface area contributed by atoms with Crippen LogP contribution in [0.2, 0.25) is 0 Å². The highest BCUT2D eigenvalue weighted by atomic mass is 31.2. The average molecular weight is 184 g/mol. The van der Waals surface area contributed by atoms with Gasteiger partial charge in [0.2, 0.25) is 7.44 Å². The summed E-state index contributed by atoms with van der Waals surface area (Å²) in [5, 5.41) is 0. The maximum absolute atomic E-state index is 12.1. The number of nitrogens with zero attached hydrogens (tertiary/aromatic N) is 2. The molecule has 0 aliphatic carbocycles. The van der Waals surface area contributed by atoms with Gasteiger partial charge in [-0.05, 0) is 27.2 Å². The number of likely N-dealkylation sites (N-methyl/N-ethyl adjacent to an activating group) is 1. The molecule has 12 heavy (non-hydrogen) atoms. The number of terminal acetylenes is 1. The summed E-state index contributed by atoms with van der Waals surface area (Å²) in [4.78, 5) is 0. The Morgan fingerprint density at radius 2 is 2.25 bits per heavy atom. The third kappa shape index (κ3) is 1.23. The van der Waals surface area contributed by atoms with Crippen molar-refractivity contribution in [1.82, 2.24) is 9.34 Å². The Kier molecular flexibility index (Phi) is 2.44. The van der Waals surface area contributed by atoms with Crippen molar-refractivity contribution in [1.29, 1.82) is 0 Å². The quantitative estimate of drug-likeness (QED) is 0.452. The van der Waals surface area contributed by atoms with Gasteiger partial charge in [0.25, 0.3) is 0 Å². The van der Waals surface area contributed by atoms with Crippen molar-refractivity contribution in [3.05, 3.63) is 11.9 Å². The lowest BCUT2D eigenvalue weighted by atomic mass is 10.3. The van der Waals surface area contributed by atoms with Crippen LogP contribution in [0.15, 0.2) is 11.9 Å². The maximum atomic E-state index is 12.1. The van der Waals surface area contributed by atoms with Gasteiger partial charge in [-0.2, -0.15) is 0 Å². The topological polar surface area (TPSA) is 23.6 Å². The minimum Gasteiger partial charge on any atom is -0.284 e. The molecule has 0 radical (unpaired) electrons. The number of hydrogen-bond acceptors (Lipinski definition) is 1. The summed E-state index contributed by atoms with van der Waals surface area (Å²) < 4.78 is 15.5. The lowest BCUT2D eigenvalue weighted by Gasteiger charge is -2.27. The lowest BCUT2D eigenvalue weighted by Crippen LogP contribution is -2.26. The normalized spacial score (nSPS) is 35.8. The Morgan fingerprint density at radius 1 is 1.67 bits per heavy atom. The van der Waals surface area contributed by atoms with Crippen molar-refractivity contribution >= 4 is 7.44 Å². The van der Waals surface area contributed by atoms with E-state index in [-0.39, 0.29) is 6.04 Å². The van der Waals surface area contributed by atoms with Crippen LogP contribution < -0.4 is 0 Å². The third-order valence-electron chi connectivity index (χ3n) is 2.06. The van der Waals surface area contributed by atoms with Crippen LogP contribution in [0.4, 0.5) is 0 Å². The van der Waals surface area contributed by atoms with Crippen LogP contribution in [0.5, 0.6) is 0 Å². The molecule has 1 aliphatic heterocycles. The van der Waals surface area contributed by atoms with E-state index >= 15 is 0 Å². The highest BCUT2D eigenvalue weighted by Gasteiger charge is 2.35. The SMILES string of the molecule is C#CC1C=CP(=O)(N(C)C)N1C. The van der Waals surface area contributed by atoms with E-state index in [4.69, 9.17) is 6.42 Å². The molecule has 0 aromatic rings. The molecule has 1 heterocycles. The summed E-state index contributed by atoms with van der Waals surface area (Å²) in [6.45, 7) is 0. The van der Waals surface area contributed by atoms with E-state index in [2.05, 4.69) is 5.92 Å². The fraction of sp³-hybridized carbons (Fsp3) is 0.500. The zero-order chi connectivity index (χ0) is 9.35. The van der Waals surface area contributed by atoms with Gasteiger partial charge in [-0.25, -0.2) is 9.34 Å². The summed E-state index contributed by atoms with van der Waals surface area (Å²) in [5.41, 5.74) is 0. The van der Waals surface area contributed by atoms with Gasteiger partial charge < -0.3 is 0 Å². The maximum Gasteiger partial charge on any atom is 0.239 e. The molecule has 0 aromatic heterocycles. The van der Waals surface area contributed by atoms with Gasteiger partial charge in [0.15, 0.2) is 0 Å². The second-order valence-electron chi connectivity index (χ2n) is 2.96. The molecule has 0 bridgehead atoms. The molecule has 66 valence electrons. The van der Waals surface area contributed by atoms with E-state index in [9.17, 15) is 4.57 Å². The molecule has 3 nitrogen and oxygen atoms in total. The van der Waals surface area contributed by atoms with Crippen LogP contribution in [0.1, 0.15) is 0 Å². The van der Waals surface area contributed by atoms with Crippen molar-refractivity contribution < 1.29 is 4.57 Å². The molecule has 0 N–H and O–H groups in total. The van der Waals surface area contributed by atoms with Gasteiger partial charge >= 0.3 is 0 Å². The fourth-order valence-electron chi connectivity index (χ4n) is 1.18. The van der Waals surface area contributed by atoms with Gasteiger partial charge in [0.1, 0.15) is 0 Å². The number of rotatable bonds is 1. The summed E-state index contributed by atoms with van der Waals surface area (Å²) >= 11 is 0. The molecule has 0 saturated carbocycles. The molecule has 1 rings (SSSR count). The molecule has 1 aliphatic rings. The molecule has 0 saturated heterocycles. The number of hydrogen-bond donors (Lipinski definition) is 0. The molecule has 0 amide bonds. The first-order valence-corrected chi connectivity index (χ1v) is 5.37. The van der Waals surface area contributed by atoms with Crippen LogP contribution in [0.3, 0.4) is 0 Å². The predicted molar refractivity (Wildman–Crippen MR) is 50.8 cm³/mol. The summed E-state index contributed by atoms with van der Waals surface area (Å²) in [5.74, 6) is 4.27. The molecule has 0 aromatic carbocycles. The summed E-state index contributed by atoms with van der Waals surface area (Å²) in [7, 11) is 2.91. The Balaban J connectivity index is 2.96. The van der Waals surface area contributed by atoms with Gasteiger partial charge in [-0.1, -0.05) is 5.92 Å². The highest BCUT2D eigenvalue weighted by Crippen LogP contribution is 2.56. The van der Waals surface area contributed by atoms with Crippen molar-refractivity contribution in [3.63, 3.8) is 0 Å². The van der Waals surface area contributed by atoms with Crippen molar-refractivity contribution in [2.45, 2.75) is 6.04 Å². The van der Waals surface area contributed by atoms with Crippen LogP contribution in [-0.4, -0.2) is 36.5 Å². The molecule has 0 fully saturated rings. The third-order valence-corrected chi connectivity index (χ3v) is 4.92. The minimum atomic E-state index is -2.46. The zero-order valence-corrected chi connectivity index (χ0v) is 8.45. The Bertz CT molecular complexity index is 290. The van der Waals surface area contributed by atoms with Gasteiger partial charge in [-0.3, -0.25) is 4.57 Å². The van der Waals surface area contributed by atoms with Crippen LogP contribution in [0, 0.1) is 12.3 Å². The molecular weight excluding hydrogens is 171 g/mol. The second kappa shape index (κ2) is 3.06. The van der Waals surface area contributed by atoms with E-state index in [1.54, 1.807) is 42.4 Å². The Labute approximate surface area is 73.5 Å². The molecular formula is C8H13N2OP. The Morgan fingerprint density at radius 3 is 2.50 bits per heavy atom. The van der Waals surface area contributed by atoms with E-state index in [1.165, 1.54) is 0 Å². The van der Waals surface area contributed by atoms with E-state index in [0.29, 0.717) is 0 Å². The average Bonchev–Trinajstić information content (AvgIpc) is 2.31. The fourth-order valence-corrected chi connectivity index (χ4v) is 3.11. The predicted octanol–water partition coefficient (Wildman–Crippen LogP) is 1.20. The molecule has 2 unspecified atom stereocenters. The standard InChI is InChI=1S/C8H13N2OP/c1-5-8-6-7-12(11,9(2)3)10(8)4/h1,6-8H,2-4H3. The summed E-state index contributed by atoms with van der Waals surface area (Å²) in [6.07, 6.45) is 7.07. The van der Waals surface area contributed by atoms with E-state index in [0.717, 1.165) is 0 Å². The molecule has 0 spiro atoms. The van der Waals surface area contributed by atoms with Crippen LogP contribution >= 0.6 is 7.44 Å². The van der Waals surface area contributed by atoms with Crippen LogP contribution in [-0.2, 0) is 4.57 Å². The van der Waals surface area contributed by atoms with Gasteiger partial charge in [0, 0.05) is 5.82 Å². The van der Waals surface area contributed by atoms with E-state index < -0.39 is 7.44 Å². The van der Waals surface area contributed by atoms with Crippen LogP contribution in [0.25, 0.3) is 0 Å². The minimum absolute atomic E-state index is 0.127. The second-order valence-corrected chi connectivity index (χ2v) is 5.87. The highest BCUT2D eigenvalue weighted by molar-refractivity contribution is 7.62. The van der Waals surface area contributed by atoms with Crippen molar-refractivity contribution in [3.8, 4) is 12.3 Å². The Hall–Kier alpha value is -0.550. The molecule has 2 atom stereocenters. The lowest BCUT2D eigenvalue weighted by molar-refractivity contribution is 0.429. The monoisotopic (exact) mass is 184 g/mol. The first-order valence-electron chi connectivity index (χ1n) is 3.68. The molecule has 4 heteroatoms.